The minimum absolute atomic E-state index is 0.0710. The van der Waals surface area contributed by atoms with E-state index in [-0.39, 0.29) is 37.0 Å². The molecule has 1 saturated heterocycles. The molecule has 1 fully saturated rings. The predicted octanol–water partition coefficient (Wildman–Crippen LogP) is 3.22. The normalized spacial score (nSPS) is 22.6. The van der Waals surface area contributed by atoms with Crippen molar-refractivity contribution in [1.29, 1.82) is 0 Å². The molecule has 2 aromatic rings. The number of methoxy groups -OCH3 is 1. The number of phenols is 1. The number of allylic oxidation sites excluding steroid dienone is 1. The number of aliphatic hydroxyl groups is 3. The molecule has 0 unspecified atom stereocenters. The Labute approximate surface area is 235 Å². The summed E-state index contributed by atoms with van der Waals surface area (Å²) < 4.78 is 5.95. The van der Waals surface area contributed by atoms with E-state index in [2.05, 4.69) is 0 Å². The summed E-state index contributed by atoms with van der Waals surface area (Å²) in [4.78, 5) is 26.5. The Morgan fingerprint density at radius 2 is 1.89 bits per heavy atom. The van der Waals surface area contributed by atoms with Crippen LogP contribution in [0.25, 0.3) is 11.6 Å². The van der Waals surface area contributed by atoms with Crippen molar-refractivity contribution >= 4 is 46.1 Å². The lowest BCUT2D eigenvalue weighted by Crippen LogP contribution is -2.39. The van der Waals surface area contributed by atoms with Crippen molar-refractivity contribution in [3.05, 3.63) is 68.3 Å². The van der Waals surface area contributed by atoms with E-state index in [0.717, 1.165) is 21.6 Å². The van der Waals surface area contributed by atoms with Crippen LogP contribution in [0.4, 0.5) is 0 Å². The summed E-state index contributed by atoms with van der Waals surface area (Å²) in [7, 11) is 2.93. The Morgan fingerprint density at radius 3 is 2.53 bits per heavy atom. The molecule has 2 amide bonds. The minimum atomic E-state index is -1.02. The molecule has 8 nitrogen and oxygen atoms in total. The SMILES string of the molecule is COc1cc(/C=C(/CC[C@@H](O)C2=C(CO)C[C@H]3C(=O)N(C)C(=O)[C@H]3[C@H]2CO)c2ccccc2)cc(I)c1O. The first-order chi connectivity index (χ1) is 18.2. The van der Waals surface area contributed by atoms with Gasteiger partial charge in [0.2, 0.25) is 11.8 Å². The number of hydrogen-bond donors (Lipinski definition) is 4. The number of carbonyl (C=O) groups is 2. The van der Waals surface area contributed by atoms with Gasteiger partial charge in [-0.15, -0.1) is 0 Å². The van der Waals surface area contributed by atoms with Crippen molar-refractivity contribution in [2.45, 2.75) is 25.4 Å². The van der Waals surface area contributed by atoms with Crippen molar-refractivity contribution in [3.63, 3.8) is 0 Å². The van der Waals surface area contributed by atoms with Crippen molar-refractivity contribution in [3.8, 4) is 11.5 Å². The van der Waals surface area contributed by atoms with Gasteiger partial charge in [0.15, 0.2) is 11.5 Å². The zero-order valence-electron chi connectivity index (χ0n) is 21.3. The van der Waals surface area contributed by atoms with E-state index >= 15 is 0 Å². The Bertz CT molecular complexity index is 1270. The summed E-state index contributed by atoms with van der Waals surface area (Å²) in [5, 5.41) is 42.0. The Hall–Kier alpha value is -2.73. The standard InChI is InChI=1S/C29H32INO7/c1-31-28(36)20-13-19(14-32)25(21(15-33)26(20)29(31)37)23(34)9-8-18(17-6-4-3-5-7-17)10-16-11-22(30)27(35)24(12-16)38-2/h3-7,10-12,20-21,23,26,32-35H,8-9,13-15H2,1-2H3/b18-10-/t20-,21+,23-,26-/m1/s1. The van der Waals surface area contributed by atoms with Gasteiger partial charge in [-0.2, -0.15) is 0 Å². The predicted molar refractivity (Wildman–Crippen MR) is 151 cm³/mol. The number of aromatic hydroxyl groups is 1. The van der Waals surface area contributed by atoms with E-state index < -0.39 is 30.5 Å². The zero-order chi connectivity index (χ0) is 27.6. The lowest BCUT2D eigenvalue weighted by Gasteiger charge is -2.36. The first-order valence-electron chi connectivity index (χ1n) is 12.5. The second-order valence-electron chi connectivity index (χ2n) is 9.72. The lowest BCUT2D eigenvalue weighted by molar-refractivity contribution is -0.138. The number of imide groups is 1. The van der Waals surface area contributed by atoms with Gasteiger partial charge in [0.1, 0.15) is 0 Å². The average molecular weight is 633 g/mol. The summed E-state index contributed by atoms with van der Waals surface area (Å²) >= 11 is 2.04. The highest BCUT2D eigenvalue weighted by atomic mass is 127. The van der Waals surface area contributed by atoms with Crippen LogP contribution in [0.5, 0.6) is 11.5 Å². The fraction of sp³-hybridized carbons (Fsp3) is 0.379. The summed E-state index contributed by atoms with van der Waals surface area (Å²) in [5.41, 5.74) is 3.68. The number of carbonyl (C=O) groups excluding carboxylic acids is 2. The molecule has 0 radical (unpaired) electrons. The van der Waals surface area contributed by atoms with Crippen LogP contribution in [0.15, 0.2) is 53.6 Å². The molecule has 9 heteroatoms. The van der Waals surface area contributed by atoms with E-state index in [9.17, 15) is 30.0 Å². The molecule has 1 aliphatic carbocycles. The van der Waals surface area contributed by atoms with Crippen LogP contribution >= 0.6 is 22.6 Å². The van der Waals surface area contributed by atoms with Crippen molar-refractivity contribution in [2.75, 3.05) is 27.4 Å². The van der Waals surface area contributed by atoms with E-state index in [1.807, 2.05) is 65.1 Å². The van der Waals surface area contributed by atoms with Crippen LogP contribution in [-0.2, 0) is 9.59 Å². The van der Waals surface area contributed by atoms with Gasteiger partial charge in [-0.05, 0) is 81.8 Å². The Kier molecular flexibility index (Phi) is 8.92. The number of amides is 2. The smallest absolute Gasteiger partial charge is 0.233 e. The minimum Gasteiger partial charge on any atom is -0.504 e. The summed E-state index contributed by atoms with van der Waals surface area (Å²) in [6, 6.07) is 13.3. The number of fused-ring (bicyclic) bond motifs is 1. The highest BCUT2D eigenvalue weighted by molar-refractivity contribution is 14.1. The van der Waals surface area contributed by atoms with Gasteiger partial charge in [-0.25, -0.2) is 0 Å². The maximum absolute atomic E-state index is 12.8. The van der Waals surface area contributed by atoms with E-state index in [1.165, 1.54) is 14.2 Å². The molecule has 2 aliphatic rings. The molecule has 4 atom stereocenters. The summed E-state index contributed by atoms with van der Waals surface area (Å²) in [6.45, 7) is -0.762. The van der Waals surface area contributed by atoms with Gasteiger partial charge in [0.05, 0.1) is 41.8 Å². The van der Waals surface area contributed by atoms with Gasteiger partial charge >= 0.3 is 0 Å². The number of halogens is 1. The molecule has 0 bridgehead atoms. The van der Waals surface area contributed by atoms with Crippen LogP contribution in [0.1, 0.15) is 30.4 Å². The van der Waals surface area contributed by atoms with Crippen molar-refractivity contribution in [1.82, 2.24) is 4.90 Å². The summed E-state index contributed by atoms with van der Waals surface area (Å²) in [5.74, 6) is -2.35. The quantitative estimate of drug-likeness (QED) is 0.145. The van der Waals surface area contributed by atoms with Gasteiger partial charge < -0.3 is 25.2 Å². The van der Waals surface area contributed by atoms with Crippen LogP contribution in [0.2, 0.25) is 0 Å². The van der Waals surface area contributed by atoms with Crippen LogP contribution in [-0.4, -0.2) is 70.6 Å². The molecule has 4 N–H and O–H groups in total. The third kappa shape index (κ3) is 5.38. The fourth-order valence-corrected chi connectivity index (χ4v) is 6.32. The number of ether oxygens (including phenoxy) is 1. The first kappa shape index (κ1) is 28.3. The number of aliphatic hydroxyl groups excluding tert-OH is 3. The molecule has 4 rings (SSSR count). The van der Waals surface area contributed by atoms with Gasteiger partial charge in [-0.3, -0.25) is 14.5 Å². The molecule has 38 heavy (non-hydrogen) atoms. The molecule has 0 spiro atoms. The number of nitrogens with zero attached hydrogens (tertiary/aromatic N) is 1. The summed E-state index contributed by atoms with van der Waals surface area (Å²) in [6.07, 6.45) is 1.86. The molecule has 202 valence electrons. The molecule has 2 aromatic carbocycles. The third-order valence-electron chi connectivity index (χ3n) is 7.59. The molecule has 1 heterocycles. The first-order valence-corrected chi connectivity index (χ1v) is 13.5. The van der Waals surface area contributed by atoms with E-state index in [0.29, 0.717) is 26.9 Å². The number of benzene rings is 2. The molecular formula is C29H32INO7. The maximum Gasteiger partial charge on any atom is 0.233 e. The second-order valence-corrected chi connectivity index (χ2v) is 10.9. The van der Waals surface area contributed by atoms with Crippen molar-refractivity contribution < 1.29 is 34.8 Å². The average Bonchev–Trinajstić information content (AvgIpc) is 3.15. The van der Waals surface area contributed by atoms with Gasteiger partial charge in [0, 0.05) is 13.0 Å². The largest absolute Gasteiger partial charge is 0.504 e. The molecule has 0 aromatic heterocycles. The van der Waals surface area contributed by atoms with Gasteiger partial charge in [-0.1, -0.05) is 36.4 Å². The lowest BCUT2D eigenvalue weighted by atomic mass is 9.68. The third-order valence-corrected chi connectivity index (χ3v) is 8.42. The number of phenolic OH excluding ortho intramolecular Hbond substituents is 1. The zero-order valence-corrected chi connectivity index (χ0v) is 23.5. The highest BCUT2D eigenvalue weighted by Gasteiger charge is 2.53. The number of hydrogen-bond acceptors (Lipinski definition) is 7. The maximum atomic E-state index is 12.8. The van der Waals surface area contributed by atoms with Crippen molar-refractivity contribution in [2.24, 2.45) is 17.8 Å². The van der Waals surface area contributed by atoms with Crippen LogP contribution < -0.4 is 4.74 Å². The molecular weight excluding hydrogens is 601 g/mol. The van der Waals surface area contributed by atoms with E-state index in [4.69, 9.17) is 4.74 Å². The second kappa shape index (κ2) is 12.0. The van der Waals surface area contributed by atoms with Crippen LogP contribution in [0, 0.1) is 21.3 Å². The highest BCUT2D eigenvalue weighted by Crippen LogP contribution is 2.46. The van der Waals surface area contributed by atoms with E-state index in [1.54, 1.807) is 6.07 Å². The van der Waals surface area contributed by atoms with Crippen LogP contribution in [0.3, 0.4) is 0 Å². The topological polar surface area (TPSA) is 128 Å². The molecule has 0 saturated carbocycles. The monoisotopic (exact) mass is 633 g/mol. The number of rotatable bonds is 9. The van der Waals surface area contributed by atoms with Gasteiger partial charge in [0.25, 0.3) is 0 Å². The molecule has 1 aliphatic heterocycles. The Morgan fingerprint density at radius 1 is 1.18 bits per heavy atom. The Balaban J connectivity index is 1.65. The number of likely N-dealkylation sites (tertiary alicyclic amines) is 1. The fourth-order valence-electron chi connectivity index (χ4n) is 5.70.